The van der Waals surface area contributed by atoms with E-state index in [2.05, 4.69) is 21.3 Å². The highest BCUT2D eigenvalue weighted by molar-refractivity contribution is 7.80. The fourth-order valence-corrected chi connectivity index (χ4v) is 2.66. The zero-order valence-electron chi connectivity index (χ0n) is 12.6. The molecule has 0 heterocycles. The zero-order valence-corrected chi connectivity index (χ0v) is 15.8. The maximum absolute atomic E-state index is 5.92. The van der Waals surface area contributed by atoms with Crippen molar-refractivity contribution in [1.82, 2.24) is 10.6 Å². The normalized spacial score (nSPS) is 9.92. The van der Waals surface area contributed by atoms with Crippen molar-refractivity contribution in [3.05, 3.63) is 58.6 Å². The van der Waals surface area contributed by atoms with E-state index in [1.807, 2.05) is 24.3 Å². The first kappa shape index (κ1) is 18.7. The van der Waals surface area contributed by atoms with Crippen LogP contribution >= 0.6 is 47.6 Å². The van der Waals surface area contributed by atoms with Gasteiger partial charge >= 0.3 is 0 Å². The van der Waals surface area contributed by atoms with E-state index in [4.69, 9.17) is 47.6 Å². The maximum atomic E-state index is 5.92. The van der Waals surface area contributed by atoms with Crippen LogP contribution in [0.25, 0.3) is 0 Å². The Kier molecular flexibility index (Phi) is 7.52. The van der Waals surface area contributed by atoms with Gasteiger partial charge in [-0.3, -0.25) is 0 Å². The number of rotatable bonds is 5. The quantitative estimate of drug-likeness (QED) is 0.445. The monoisotopic (exact) mass is 398 g/mol. The third-order valence-electron chi connectivity index (χ3n) is 2.86. The summed E-state index contributed by atoms with van der Waals surface area (Å²) in [5.74, 6) is 0. The van der Waals surface area contributed by atoms with E-state index in [0.717, 1.165) is 11.4 Å². The fraction of sp³-hybridized carbons (Fsp3) is 0.125. The second-order valence-corrected chi connectivity index (χ2v) is 6.47. The van der Waals surface area contributed by atoms with Crippen LogP contribution in [0.3, 0.4) is 0 Å². The molecule has 4 N–H and O–H groups in total. The summed E-state index contributed by atoms with van der Waals surface area (Å²) < 4.78 is 0. The van der Waals surface area contributed by atoms with Crippen molar-refractivity contribution in [1.29, 1.82) is 0 Å². The third-order valence-corrected chi connectivity index (χ3v) is 3.82. The van der Waals surface area contributed by atoms with Gasteiger partial charge in [-0.25, -0.2) is 0 Å². The van der Waals surface area contributed by atoms with E-state index in [1.54, 1.807) is 24.3 Å². The number of thiocarbonyl (C=S) groups is 2. The molecule has 0 unspecified atom stereocenters. The molecule has 0 atom stereocenters. The van der Waals surface area contributed by atoms with E-state index in [0.29, 0.717) is 33.4 Å². The third kappa shape index (κ3) is 6.88. The van der Waals surface area contributed by atoms with Crippen LogP contribution < -0.4 is 21.3 Å². The summed E-state index contributed by atoms with van der Waals surface area (Å²) in [4.78, 5) is 0. The van der Waals surface area contributed by atoms with Gasteiger partial charge in [0.1, 0.15) is 0 Å². The number of anilines is 2. The van der Waals surface area contributed by atoms with E-state index in [1.165, 1.54) is 0 Å². The first-order chi connectivity index (χ1) is 11.5. The molecule has 2 aromatic carbocycles. The van der Waals surface area contributed by atoms with Gasteiger partial charge in [-0.15, -0.1) is 0 Å². The zero-order chi connectivity index (χ0) is 17.4. The average molecular weight is 399 g/mol. The van der Waals surface area contributed by atoms with Crippen molar-refractivity contribution in [2.45, 2.75) is 0 Å². The predicted octanol–water partition coefficient (Wildman–Crippen LogP) is 4.27. The van der Waals surface area contributed by atoms with Crippen LogP contribution in [-0.2, 0) is 0 Å². The highest BCUT2D eigenvalue weighted by Gasteiger charge is 2.00. The van der Waals surface area contributed by atoms with Crippen LogP contribution in [0.5, 0.6) is 0 Å². The molecule has 0 spiro atoms. The van der Waals surface area contributed by atoms with Gasteiger partial charge in [0.2, 0.25) is 0 Å². The number of halogens is 2. The predicted molar refractivity (Wildman–Crippen MR) is 111 cm³/mol. The molecular formula is C16H16Cl2N4S2. The van der Waals surface area contributed by atoms with Crippen molar-refractivity contribution in [3.8, 4) is 0 Å². The van der Waals surface area contributed by atoms with Crippen LogP contribution in [0.4, 0.5) is 11.4 Å². The molecule has 0 fully saturated rings. The minimum atomic E-state index is 0.521. The van der Waals surface area contributed by atoms with Gasteiger partial charge in [-0.2, -0.15) is 0 Å². The lowest BCUT2D eigenvalue weighted by atomic mass is 10.3. The molecule has 0 saturated heterocycles. The minimum absolute atomic E-state index is 0.521. The van der Waals surface area contributed by atoms with Gasteiger partial charge in [0, 0.05) is 34.5 Å². The number of hydrogen-bond donors (Lipinski definition) is 4. The van der Waals surface area contributed by atoms with Gasteiger partial charge in [0.15, 0.2) is 10.2 Å². The average Bonchev–Trinajstić information content (AvgIpc) is 2.51. The number of hydrogen-bond acceptors (Lipinski definition) is 2. The Balaban J connectivity index is 1.65. The van der Waals surface area contributed by atoms with Gasteiger partial charge in [-0.05, 0) is 60.8 Å². The topological polar surface area (TPSA) is 48.1 Å². The Bertz CT molecular complexity index is 663. The summed E-state index contributed by atoms with van der Waals surface area (Å²) in [6, 6.07) is 14.7. The molecule has 0 saturated carbocycles. The number of benzene rings is 2. The molecule has 0 bridgehead atoms. The fourth-order valence-electron chi connectivity index (χ4n) is 1.84. The second kappa shape index (κ2) is 9.64. The van der Waals surface area contributed by atoms with E-state index < -0.39 is 0 Å². The Morgan fingerprint density at radius 1 is 0.750 bits per heavy atom. The van der Waals surface area contributed by atoms with Crippen molar-refractivity contribution in [2.75, 3.05) is 23.7 Å². The largest absolute Gasteiger partial charge is 0.361 e. The molecule has 2 rings (SSSR count). The van der Waals surface area contributed by atoms with Crippen molar-refractivity contribution < 1.29 is 0 Å². The van der Waals surface area contributed by atoms with Crippen LogP contribution in [0, 0.1) is 0 Å². The second-order valence-electron chi connectivity index (χ2n) is 4.78. The van der Waals surface area contributed by atoms with E-state index in [-0.39, 0.29) is 0 Å². The molecule has 0 aliphatic rings. The lowest BCUT2D eigenvalue weighted by Crippen LogP contribution is -2.38. The smallest absolute Gasteiger partial charge is 0.170 e. The summed E-state index contributed by atoms with van der Waals surface area (Å²) in [7, 11) is 0. The van der Waals surface area contributed by atoms with Crippen molar-refractivity contribution in [3.63, 3.8) is 0 Å². The summed E-state index contributed by atoms with van der Waals surface area (Å²) in [6.45, 7) is 1.23. The summed E-state index contributed by atoms with van der Waals surface area (Å²) in [5, 5.41) is 14.6. The van der Waals surface area contributed by atoms with Crippen LogP contribution in [0.1, 0.15) is 0 Å². The first-order valence-electron chi connectivity index (χ1n) is 7.14. The molecule has 126 valence electrons. The summed E-state index contributed by atoms with van der Waals surface area (Å²) in [5.41, 5.74) is 1.68. The van der Waals surface area contributed by atoms with Gasteiger partial charge < -0.3 is 21.3 Å². The Morgan fingerprint density at radius 3 is 1.54 bits per heavy atom. The standard InChI is InChI=1S/C16H16Cl2N4S2/c17-11-3-1-5-13(9-11)21-15(23)19-7-8-20-16(24)22-14-6-2-4-12(18)10-14/h1-6,9-10H,7-8H2,(H2,19,21,23)(H2,20,22,24). The molecule has 0 aliphatic heterocycles. The molecule has 24 heavy (non-hydrogen) atoms. The van der Waals surface area contributed by atoms with Crippen molar-refractivity contribution in [2.24, 2.45) is 0 Å². The Morgan fingerprint density at radius 2 is 1.17 bits per heavy atom. The molecule has 2 aromatic rings. The van der Waals surface area contributed by atoms with Crippen molar-refractivity contribution >= 4 is 69.2 Å². The summed E-state index contributed by atoms with van der Waals surface area (Å²) >= 11 is 22.3. The first-order valence-corrected chi connectivity index (χ1v) is 8.71. The molecule has 4 nitrogen and oxygen atoms in total. The Labute approximate surface area is 161 Å². The minimum Gasteiger partial charge on any atom is -0.361 e. The SMILES string of the molecule is S=C(NCCNC(=S)Nc1cccc(Cl)c1)Nc1cccc(Cl)c1. The van der Waals surface area contributed by atoms with Gasteiger partial charge in [-0.1, -0.05) is 35.3 Å². The van der Waals surface area contributed by atoms with Gasteiger partial charge in [0.05, 0.1) is 0 Å². The molecule has 0 aliphatic carbocycles. The summed E-state index contributed by atoms with van der Waals surface area (Å²) in [6.07, 6.45) is 0. The van der Waals surface area contributed by atoms with Crippen LogP contribution in [0.2, 0.25) is 10.0 Å². The van der Waals surface area contributed by atoms with Crippen LogP contribution in [0.15, 0.2) is 48.5 Å². The molecule has 0 amide bonds. The highest BCUT2D eigenvalue weighted by atomic mass is 35.5. The molecule has 8 heteroatoms. The lowest BCUT2D eigenvalue weighted by Gasteiger charge is -2.13. The van der Waals surface area contributed by atoms with E-state index >= 15 is 0 Å². The van der Waals surface area contributed by atoms with Crippen LogP contribution in [-0.4, -0.2) is 23.3 Å². The lowest BCUT2D eigenvalue weighted by molar-refractivity contribution is 0.821. The highest BCUT2D eigenvalue weighted by Crippen LogP contribution is 2.15. The van der Waals surface area contributed by atoms with E-state index in [9.17, 15) is 0 Å². The molecule has 0 radical (unpaired) electrons. The number of nitrogens with one attached hydrogen (secondary N) is 4. The molecular weight excluding hydrogens is 383 g/mol. The molecule has 0 aromatic heterocycles. The maximum Gasteiger partial charge on any atom is 0.170 e. The Hall–Kier alpha value is -1.60. The van der Waals surface area contributed by atoms with Gasteiger partial charge in [0.25, 0.3) is 0 Å².